The van der Waals surface area contributed by atoms with Gasteiger partial charge in [0, 0.05) is 18.3 Å². The molecule has 3 aromatic rings. The van der Waals surface area contributed by atoms with Gasteiger partial charge in [-0.3, -0.25) is 9.59 Å². The number of hydrogen-bond donors (Lipinski definition) is 3. The van der Waals surface area contributed by atoms with E-state index in [1.807, 2.05) is 6.07 Å². The Morgan fingerprint density at radius 3 is 2.32 bits per heavy atom. The molecular weight excluding hydrogens is 320 g/mol. The second-order valence-electron chi connectivity index (χ2n) is 5.26. The van der Waals surface area contributed by atoms with Gasteiger partial charge in [0.1, 0.15) is 0 Å². The van der Waals surface area contributed by atoms with Crippen LogP contribution in [0.2, 0.25) is 0 Å². The molecule has 1 aromatic heterocycles. The zero-order valence-electron chi connectivity index (χ0n) is 13.4. The lowest BCUT2D eigenvalue weighted by Crippen LogP contribution is -2.26. The van der Waals surface area contributed by atoms with Crippen molar-refractivity contribution >= 4 is 29.0 Å². The minimum absolute atomic E-state index is 0.147. The molecule has 3 rings (SSSR count). The number of anilines is 4. The van der Waals surface area contributed by atoms with Crippen LogP contribution in [0.25, 0.3) is 5.69 Å². The van der Waals surface area contributed by atoms with Gasteiger partial charge in [0.25, 0.3) is 0 Å². The lowest BCUT2D eigenvalue weighted by Gasteiger charge is -2.10. The van der Waals surface area contributed by atoms with Gasteiger partial charge in [0.15, 0.2) is 5.82 Å². The Labute approximate surface area is 143 Å². The summed E-state index contributed by atoms with van der Waals surface area (Å²) in [5, 5.41) is 9.87. The first kappa shape index (κ1) is 16.2. The molecule has 0 aliphatic heterocycles. The summed E-state index contributed by atoms with van der Waals surface area (Å²) in [5.74, 6) is -0.115. The van der Waals surface area contributed by atoms with Gasteiger partial charge in [-0.25, -0.2) is 0 Å². The normalized spacial score (nSPS) is 10.3. The van der Waals surface area contributed by atoms with Crippen LogP contribution >= 0.6 is 0 Å². The van der Waals surface area contributed by atoms with Crippen molar-refractivity contribution < 1.29 is 4.79 Å². The number of aromatic nitrogens is 3. The van der Waals surface area contributed by atoms with Crippen molar-refractivity contribution in [2.75, 3.05) is 16.4 Å². The summed E-state index contributed by atoms with van der Waals surface area (Å²) in [5.41, 5.74) is 7.18. The van der Waals surface area contributed by atoms with Crippen molar-refractivity contribution in [2.24, 2.45) is 0 Å². The summed E-state index contributed by atoms with van der Waals surface area (Å²) in [6.07, 6.45) is 0. The van der Waals surface area contributed by atoms with Gasteiger partial charge < -0.3 is 16.4 Å². The van der Waals surface area contributed by atoms with E-state index in [2.05, 4.69) is 20.7 Å². The number of benzene rings is 2. The minimum atomic E-state index is -0.488. The number of carbonyl (C=O) groups excluding carboxylic acids is 1. The molecule has 0 spiro atoms. The van der Waals surface area contributed by atoms with Crippen LogP contribution in [0.1, 0.15) is 6.92 Å². The first-order valence-electron chi connectivity index (χ1n) is 7.50. The minimum Gasteiger partial charge on any atom is -0.379 e. The Morgan fingerprint density at radius 2 is 1.68 bits per heavy atom. The molecule has 0 aliphatic carbocycles. The Morgan fingerprint density at radius 1 is 1.04 bits per heavy atom. The topological polar surface area (TPSA) is 115 Å². The molecule has 2 aromatic carbocycles. The summed E-state index contributed by atoms with van der Waals surface area (Å²) >= 11 is 0. The van der Waals surface area contributed by atoms with Crippen molar-refractivity contribution in [1.82, 2.24) is 14.8 Å². The van der Waals surface area contributed by atoms with Crippen LogP contribution < -0.4 is 21.9 Å². The summed E-state index contributed by atoms with van der Waals surface area (Å²) in [4.78, 5) is 27.2. The predicted octanol–water partition coefficient (Wildman–Crippen LogP) is 1.91. The van der Waals surface area contributed by atoms with Gasteiger partial charge in [0.05, 0.1) is 5.69 Å². The Balaban J connectivity index is 1.89. The third kappa shape index (κ3) is 3.81. The highest BCUT2D eigenvalue weighted by molar-refractivity contribution is 5.88. The number of para-hydroxylation sites is 1. The van der Waals surface area contributed by atoms with E-state index in [1.54, 1.807) is 48.5 Å². The van der Waals surface area contributed by atoms with Crippen molar-refractivity contribution in [1.29, 1.82) is 0 Å². The molecule has 1 heterocycles. The molecule has 0 bridgehead atoms. The van der Waals surface area contributed by atoms with Crippen LogP contribution in [0.15, 0.2) is 59.4 Å². The van der Waals surface area contributed by atoms with E-state index < -0.39 is 5.56 Å². The van der Waals surface area contributed by atoms with Crippen LogP contribution in [0.3, 0.4) is 0 Å². The Bertz CT molecular complexity index is 951. The van der Waals surface area contributed by atoms with Gasteiger partial charge >= 0.3 is 5.56 Å². The second-order valence-corrected chi connectivity index (χ2v) is 5.26. The average molecular weight is 336 g/mol. The lowest BCUT2D eigenvalue weighted by molar-refractivity contribution is -0.114. The van der Waals surface area contributed by atoms with Gasteiger partial charge in [-0.05, 0) is 36.4 Å². The van der Waals surface area contributed by atoms with Gasteiger partial charge in [-0.15, -0.1) is 5.10 Å². The Kier molecular flexibility index (Phi) is 4.42. The molecule has 0 saturated heterocycles. The molecular formula is C17H16N6O2. The van der Waals surface area contributed by atoms with Gasteiger partial charge in [-0.2, -0.15) is 9.67 Å². The predicted molar refractivity (Wildman–Crippen MR) is 96.1 cm³/mol. The summed E-state index contributed by atoms with van der Waals surface area (Å²) in [6.45, 7) is 1.44. The molecule has 8 heteroatoms. The van der Waals surface area contributed by atoms with Gasteiger partial charge in [0.2, 0.25) is 11.9 Å². The fraction of sp³-hybridized carbons (Fsp3) is 0.0588. The van der Waals surface area contributed by atoms with Crippen LogP contribution in [-0.2, 0) is 4.79 Å². The number of carbonyl (C=O) groups is 1. The zero-order chi connectivity index (χ0) is 17.8. The van der Waals surface area contributed by atoms with Crippen molar-refractivity contribution in [3.8, 4) is 5.69 Å². The third-order valence-electron chi connectivity index (χ3n) is 3.29. The fourth-order valence-corrected chi connectivity index (χ4v) is 2.20. The quantitative estimate of drug-likeness (QED) is 0.670. The monoisotopic (exact) mass is 336 g/mol. The van der Waals surface area contributed by atoms with E-state index in [9.17, 15) is 9.59 Å². The lowest BCUT2D eigenvalue weighted by atomic mass is 10.3. The number of amides is 1. The maximum Gasteiger partial charge on any atom is 0.314 e. The average Bonchev–Trinajstić information content (AvgIpc) is 2.60. The molecule has 0 unspecified atom stereocenters. The standard InChI is InChI=1S/C17H16N6O2/c1-11(24)19-12-7-9-13(10-8-12)20-17-21-15(18)16(25)23(22-17)14-5-3-2-4-6-14/h2-10H,1H3,(H,19,24)(H3,18,20,21,22). The van der Waals surface area contributed by atoms with E-state index >= 15 is 0 Å². The molecule has 8 nitrogen and oxygen atoms in total. The number of rotatable bonds is 4. The van der Waals surface area contributed by atoms with Crippen LogP contribution in [-0.4, -0.2) is 20.7 Å². The van der Waals surface area contributed by atoms with E-state index in [1.165, 1.54) is 11.6 Å². The Hall–Kier alpha value is -3.68. The van der Waals surface area contributed by atoms with Crippen LogP contribution in [0, 0.1) is 0 Å². The highest BCUT2D eigenvalue weighted by atomic mass is 16.1. The van der Waals surface area contributed by atoms with Gasteiger partial charge in [-0.1, -0.05) is 18.2 Å². The van der Waals surface area contributed by atoms with Crippen molar-refractivity contribution in [3.05, 3.63) is 65.0 Å². The SMILES string of the molecule is CC(=O)Nc1ccc(Nc2nc(N)c(=O)n(-c3ccccc3)n2)cc1. The number of hydrogen-bond acceptors (Lipinski definition) is 6. The van der Waals surface area contributed by atoms with E-state index in [4.69, 9.17) is 5.73 Å². The van der Waals surface area contributed by atoms with E-state index in [0.29, 0.717) is 17.1 Å². The molecule has 1 amide bonds. The van der Waals surface area contributed by atoms with Crippen molar-refractivity contribution in [3.63, 3.8) is 0 Å². The summed E-state index contributed by atoms with van der Waals surface area (Å²) in [6, 6.07) is 15.9. The fourth-order valence-electron chi connectivity index (χ4n) is 2.20. The number of nitrogen functional groups attached to an aromatic ring is 1. The maximum atomic E-state index is 12.2. The molecule has 0 atom stereocenters. The first-order chi connectivity index (χ1) is 12.0. The molecule has 4 N–H and O–H groups in total. The van der Waals surface area contributed by atoms with Crippen LogP contribution in [0.4, 0.5) is 23.1 Å². The molecule has 0 fully saturated rings. The van der Waals surface area contributed by atoms with E-state index in [-0.39, 0.29) is 17.7 Å². The molecule has 0 saturated carbocycles. The van der Waals surface area contributed by atoms with E-state index in [0.717, 1.165) is 0 Å². The highest BCUT2D eigenvalue weighted by Gasteiger charge is 2.09. The van der Waals surface area contributed by atoms with Crippen LogP contribution in [0.5, 0.6) is 0 Å². The number of nitrogens with zero attached hydrogens (tertiary/aromatic N) is 3. The number of nitrogens with one attached hydrogen (secondary N) is 2. The molecule has 0 aliphatic rings. The molecule has 25 heavy (non-hydrogen) atoms. The zero-order valence-corrected chi connectivity index (χ0v) is 13.4. The second kappa shape index (κ2) is 6.83. The smallest absolute Gasteiger partial charge is 0.314 e. The highest BCUT2D eigenvalue weighted by Crippen LogP contribution is 2.17. The molecule has 126 valence electrons. The summed E-state index contributed by atoms with van der Waals surface area (Å²) < 4.78 is 1.19. The van der Waals surface area contributed by atoms with Crippen molar-refractivity contribution in [2.45, 2.75) is 6.92 Å². The first-order valence-corrected chi connectivity index (χ1v) is 7.50. The summed E-state index contributed by atoms with van der Waals surface area (Å²) in [7, 11) is 0. The maximum absolute atomic E-state index is 12.2. The number of nitrogens with two attached hydrogens (primary N) is 1. The molecule has 0 radical (unpaired) electrons. The largest absolute Gasteiger partial charge is 0.379 e. The third-order valence-corrected chi connectivity index (χ3v) is 3.29.